The van der Waals surface area contributed by atoms with Crippen molar-refractivity contribution in [3.8, 4) is 0 Å². The van der Waals surface area contributed by atoms with Crippen LogP contribution in [0.5, 0.6) is 0 Å². The van der Waals surface area contributed by atoms with Gasteiger partial charge in [0.15, 0.2) is 0 Å². The molecule has 1 aromatic heterocycles. The molecule has 0 aliphatic carbocycles. The van der Waals surface area contributed by atoms with Crippen molar-refractivity contribution in [3.05, 3.63) is 22.4 Å². The average Bonchev–Trinajstić information content (AvgIpc) is 2.81. The lowest BCUT2D eigenvalue weighted by Crippen LogP contribution is -2.43. The van der Waals surface area contributed by atoms with E-state index in [-0.39, 0.29) is 18.0 Å². The Kier molecular flexibility index (Phi) is 6.36. The lowest BCUT2D eigenvalue weighted by atomic mass is 10.1. The molecule has 1 amide bonds. The average molecular weight is 268 g/mol. The molecular formula is C14H24N2OS. The van der Waals surface area contributed by atoms with Gasteiger partial charge < -0.3 is 5.32 Å². The van der Waals surface area contributed by atoms with Crippen molar-refractivity contribution in [3.63, 3.8) is 0 Å². The molecule has 2 N–H and O–H groups in total. The first-order valence-corrected chi connectivity index (χ1v) is 7.50. The minimum absolute atomic E-state index is 0.0812. The Labute approximate surface area is 114 Å². The highest BCUT2D eigenvalue weighted by Crippen LogP contribution is 2.15. The second-order valence-corrected chi connectivity index (χ2v) is 5.92. The quantitative estimate of drug-likeness (QED) is 0.798. The number of amides is 1. The molecule has 3 nitrogen and oxygen atoms in total. The maximum Gasteiger partial charge on any atom is 0.236 e. The zero-order valence-electron chi connectivity index (χ0n) is 11.7. The van der Waals surface area contributed by atoms with E-state index in [9.17, 15) is 4.79 Å². The maximum absolute atomic E-state index is 11.9. The molecule has 0 aliphatic rings. The van der Waals surface area contributed by atoms with Gasteiger partial charge in [-0.15, -0.1) is 0 Å². The zero-order valence-corrected chi connectivity index (χ0v) is 12.5. The van der Waals surface area contributed by atoms with Crippen LogP contribution in [-0.2, 0) is 4.79 Å². The summed E-state index contributed by atoms with van der Waals surface area (Å²) >= 11 is 1.68. The van der Waals surface area contributed by atoms with Gasteiger partial charge in [0.25, 0.3) is 0 Å². The molecule has 2 atom stereocenters. The highest BCUT2D eigenvalue weighted by atomic mass is 32.1. The molecule has 0 bridgehead atoms. The van der Waals surface area contributed by atoms with E-state index in [1.807, 2.05) is 6.92 Å². The molecule has 0 saturated heterocycles. The second-order valence-electron chi connectivity index (χ2n) is 5.14. The third kappa shape index (κ3) is 5.19. The van der Waals surface area contributed by atoms with Gasteiger partial charge in [0, 0.05) is 12.6 Å². The van der Waals surface area contributed by atoms with Crippen LogP contribution in [0.2, 0.25) is 0 Å². The molecule has 4 heteroatoms. The first kappa shape index (κ1) is 15.2. The summed E-state index contributed by atoms with van der Waals surface area (Å²) in [5.41, 5.74) is 1.24. The van der Waals surface area contributed by atoms with Crippen LogP contribution in [0.3, 0.4) is 0 Å². The lowest BCUT2D eigenvalue weighted by molar-refractivity contribution is -0.122. The first-order chi connectivity index (χ1) is 8.50. The number of thiophene rings is 1. The predicted molar refractivity (Wildman–Crippen MR) is 77.8 cm³/mol. The Morgan fingerprint density at radius 2 is 2.06 bits per heavy atom. The van der Waals surface area contributed by atoms with Crippen LogP contribution in [0.15, 0.2) is 16.8 Å². The Balaban J connectivity index is 2.31. The largest absolute Gasteiger partial charge is 0.355 e. The smallest absolute Gasteiger partial charge is 0.236 e. The molecule has 1 rings (SSSR count). The predicted octanol–water partition coefficient (Wildman–Crippen LogP) is 2.95. The monoisotopic (exact) mass is 268 g/mol. The highest BCUT2D eigenvalue weighted by Gasteiger charge is 2.15. The number of carbonyl (C=O) groups excluding carboxylic acids is 1. The second kappa shape index (κ2) is 7.54. The molecule has 2 unspecified atom stereocenters. The topological polar surface area (TPSA) is 41.1 Å². The zero-order chi connectivity index (χ0) is 13.5. The summed E-state index contributed by atoms with van der Waals surface area (Å²) in [4.78, 5) is 11.9. The number of nitrogens with one attached hydrogen (secondary N) is 2. The van der Waals surface area contributed by atoms with Crippen molar-refractivity contribution in [2.75, 3.05) is 6.54 Å². The fourth-order valence-corrected chi connectivity index (χ4v) is 2.46. The molecule has 1 aromatic rings. The van der Waals surface area contributed by atoms with E-state index < -0.39 is 0 Å². The highest BCUT2D eigenvalue weighted by molar-refractivity contribution is 7.07. The molecule has 0 radical (unpaired) electrons. The van der Waals surface area contributed by atoms with Crippen molar-refractivity contribution < 1.29 is 4.79 Å². The Morgan fingerprint density at radius 1 is 1.33 bits per heavy atom. The van der Waals surface area contributed by atoms with Crippen molar-refractivity contribution >= 4 is 17.2 Å². The number of hydrogen-bond acceptors (Lipinski definition) is 3. The van der Waals surface area contributed by atoms with Crippen molar-refractivity contribution in [1.82, 2.24) is 10.6 Å². The summed E-state index contributed by atoms with van der Waals surface area (Å²) in [5.74, 6) is 0.705. The summed E-state index contributed by atoms with van der Waals surface area (Å²) in [7, 11) is 0. The van der Waals surface area contributed by atoms with Gasteiger partial charge in [-0.05, 0) is 48.6 Å². The van der Waals surface area contributed by atoms with Crippen LogP contribution in [0.1, 0.15) is 45.7 Å². The van der Waals surface area contributed by atoms with Gasteiger partial charge in [0.1, 0.15) is 0 Å². The lowest BCUT2D eigenvalue weighted by Gasteiger charge is -2.19. The summed E-state index contributed by atoms with van der Waals surface area (Å²) < 4.78 is 0. The number of carbonyl (C=O) groups is 1. The molecule has 1 heterocycles. The van der Waals surface area contributed by atoms with E-state index >= 15 is 0 Å². The Morgan fingerprint density at radius 3 is 2.61 bits per heavy atom. The van der Waals surface area contributed by atoms with Crippen LogP contribution in [0.25, 0.3) is 0 Å². The molecule has 102 valence electrons. The molecule has 0 spiro atoms. The van der Waals surface area contributed by atoms with Crippen LogP contribution >= 0.6 is 11.3 Å². The fourth-order valence-electron chi connectivity index (χ4n) is 1.71. The van der Waals surface area contributed by atoms with E-state index in [4.69, 9.17) is 0 Å². The summed E-state index contributed by atoms with van der Waals surface area (Å²) in [6.07, 6.45) is 1.03. The Bertz CT molecular complexity index is 349. The third-order valence-electron chi connectivity index (χ3n) is 2.96. The number of rotatable bonds is 7. The molecule has 0 aliphatic heterocycles. The van der Waals surface area contributed by atoms with E-state index in [0.717, 1.165) is 13.0 Å². The maximum atomic E-state index is 11.9. The fraction of sp³-hybridized carbons (Fsp3) is 0.643. The Hall–Kier alpha value is -0.870. The van der Waals surface area contributed by atoms with Gasteiger partial charge in [0.2, 0.25) is 5.91 Å². The SMILES string of the molecule is CC(C)CCNC(=O)C(C)NC(C)c1ccsc1. The van der Waals surface area contributed by atoms with E-state index in [0.29, 0.717) is 5.92 Å². The summed E-state index contributed by atoms with van der Waals surface area (Å²) in [5, 5.41) is 10.4. The van der Waals surface area contributed by atoms with Gasteiger partial charge >= 0.3 is 0 Å². The molecular weight excluding hydrogens is 244 g/mol. The van der Waals surface area contributed by atoms with Crippen molar-refractivity contribution in [1.29, 1.82) is 0 Å². The molecule has 0 fully saturated rings. The van der Waals surface area contributed by atoms with Gasteiger partial charge in [-0.3, -0.25) is 10.1 Å². The normalized spacial score (nSPS) is 14.5. The molecule has 0 saturated carbocycles. The summed E-state index contributed by atoms with van der Waals surface area (Å²) in [6, 6.07) is 2.14. The van der Waals surface area contributed by atoms with Gasteiger partial charge in [0.05, 0.1) is 6.04 Å². The van der Waals surface area contributed by atoms with Gasteiger partial charge in [-0.1, -0.05) is 13.8 Å². The van der Waals surface area contributed by atoms with Gasteiger partial charge in [-0.25, -0.2) is 0 Å². The van der Waals surface area contributed by atoms with Crippen molar-refractivity contribution in [2.45, 2.75) is 46.2 Å². The minimum atomic E-state index is -0.160. The minimum Gasteiger partial charge on any atom is -0.355 e. The molecule has 18 heavy (non-hydrogen) atoms. The third-order valence-corrected chi connectivity index (χ3v) is 3.66. The van der Waals surface area contributed by atoms with E-state index in [1.165, 1.54) is 5.56 Å². The van der Waals surface area contributed by atoms with Crippen molar-refractivity contribution in [2.24, 2.45) is 5.92 Å². The van der Waals surface area contributed by atoms with Crippen LogP contribution in [-0.4, -0.2) is 18.5 Å². The molecule has 0 aromatic carbocycles. The summed E-state index contributed by atoms with van der Waals surface area (Å²) in [6.45, 7) is 9.07. The number of hydrogen-bond donors (Lipinski definition) is 2. The van der Waals surface area contributed by atoms with Crippen LogP contribution in [0.4, 0.5) is 0 Å². The first-order valence-electron chi connectivity index (χ1n) is 6.56. The van der Waals surface area contributed by atoms with Gasteiger partial charge in [-0.2, -0.15) is 11.3 Å². The van der Waals surface area contributed by atoms with E-state index in [2.05, 4.69) is 48.2 Å². The van der Waals surface area contributed by atoms with Crippen LogP contribution < -0.4 is 10.6 Å². The van der Waals surface area contributed by atoms with Crippen LogP contribution in [0, 0.1) is 5.92 Å². The van der Waals surface area contributed by atoms with E-state index in [1.54, 1.807) is 11.3 Å². The standard InChI is InChI=1S/C14H24N2OS/c1-10(2)5-7-15-14(17)12(4)16-11(3)13-6-8-18-9-13/h6,8-12,16H,5,7H2,1-4H3,(H,15,17).